The molecule has 1 aromatic carbocycles. The van der Waals surface area contributed by atoms with Crippen LogP contribution in [0.25, 0.3) is 0 Å². The number of rotatable bonds is 6. The number of anilines is 1. The van der Waals surface area contributed by atoms with Gasteiger partial charge in [-0.2, -0.15) is 0 Å². The van der Waals surface area contributed by atoms with Crippen molar-refractivity contribution in [3.05, 3.63) is 24.3 Å². The molecule has 0 aliphatic carbocycles. The largest absolute Gasteiger partial charge is 0.494 e. The van der Waals surface area contributed by atoms with E-state index in [1.807, 2.05) is 0 Å². The Morgan fingerprint density at radius 1 is 1.35 bits per heavy atom. The van der Waals surface area contributed by atoms with Gasteiger partial charge in [0, 0.05) is 18.3 Å². The predicted octanol–water partition coefficient (Wildman–Crippen LogP) is 3.62. The van der Waals surface area contributed by atoms with Gasteiger partial charge in [-0.15, -0.1) is 0 Å². The number of ether oxygens (including phenoxy) is 1. The fourth-order valence-electron chi connectivity index (χ4n) is 2.86. The summed E-state index contributed by atoms with van der Waals surface area (Å²) < 4.78 is 5.61. The van der Waals surface area contributed by atoms with Crippen LogP contribution in [-0.4, -0.2) is 37.7 Å². The van der Waals surface area contributed by atoms with E-state index in [1.165, 1.54) is 31.6 Å². The zero-order valence-corrected chi connectivity index (χ0v) is 13.1. The summed E-state index contributed by atoms with van der Waals surface area (Å²) >= 11 is 0. The molecule has 1 aliphatic rings. The van der Waals surface area contributed by atoms with Crippen LogP contribution in [0.5, 0.6) is 5.75 Å². The van der Waals surface area contributed by atoms with Gasteiger partial charge in [0.2, 0.25) is 0 Å². The maximum Gasteiger partial charge on any atom is 0.119 e. The van der Waals surface area contributed by atoms with Gasteiger partial charge in [0.15, 0.2) is 0 Å². The lowest BCUT2D eigenvalue weighted by molar-refractivity contribution is 0.197. The Morgan fingerprint density at radius 3 is 2.75 bits per heavy atom. The summed E-state index contributed by atoms with van der Waals surface area (Å²) in [5, 5.41) is 3.63. The molecular formula is C17H28N2O. The summed E-state index contributed by atoms with van der Waals surface area (Å²) in [6.07, 6.45) is 3.69. The number of hydrogen-bond acceptors (Lipinski definition) is 3. The van der Waals surface area contributed by atoms with E-state index in [2.05, 4.69) is 55.4 Å². The standard InChI is InChI=1S/C17H28N2O/c1-4-12-20-17-9-7-16(8-10-17)18-14(2)15-6-5-11-19(3)13-15/h7-10,14-15,18H,4-6,11-13H2,1-3H3. The van der Waals surface area contributed by atoms with Crippen molar-refractivity contribution in [1.82, 2.24) is 4.90 Å². The quantitative estimate of drug-likeness (QED) is 0.859. The van der Waals surface area contributed by atoms with Crippen LogP contribution in [0.15, 0.2) is 24.3 Å². The molecule has 1 heterocycles. The highest BCUT2D eigenvalue weighted by atomic mass is 16.5. The molecule has 0 aromatic heterocycles. The van der Waals surface area contributed by atoms with E-state index in [9.17, 15) is 0 Å². The number of hydrogen-bond donors (Lipinski definition) is 1. The first-order valence-electron chi connectivity index (χ1n) is 7.87. The van der Waals surface area contributed by atoms with E-state index < -0.39 is 0 Å². The van der Waals surface area contributed by atoms with Gasteiger partial charge in [-0.25, -0.2) is 0 Å². The molecule has 3 nitrogen and oxygen atoms in total. The molecule has 0 bridgehead atoms. The smallest absolute Gasteiger partial charge is 0.119 e. The van der Waals surface area contributed by atoms with E-state index in [4.69, 9.17) is 4.74 Å². The molecule has 2 atom stereocenters. The Kier molecular flexibility index (Phi) is 5.72. The van der Waals surface area contributed by atoms with Gasteiger partial charge in [0.05, 0.1) is 6.61 Å². The van der Waals surface area contributed by atoms with Crippen LogP contribution < -0.4 is 10.1 Å². The van der Waals surface area contributed by atoms with Crippen molar-refractivity contribution in [2.45, 2.75) is 39.2 Å². The van der Waals surface area contributed by atoms with Crippen molar-refractivity contribution in [3.63, 3.8) is 0 Å². The number of nitrogens with zero attached hydrogens (tertiary/aromatic N) is 1. The fourth-order valence-corrected chi connectivity index (χ4v) is 2.86. The Bertz CT molecular complexity index is 390. The molecule has 1 fully saturated rings. The first-order valence-corrected chi connectivity index (χ1v) is 7.87. The molecule has 1 N–H and O–H groups in total. The number of piperidine rings is 1. The van der Waals surface area contributed by atoms with Gasteiger partial charge in [-0.1, -0.05) is 6.92 Å². The monoisotopic (exact) mass is 276 g/mol. The highest BCUT2D eigenvalue weighted by Gasteiger charge is 2.22. The fraction of sp³-hybridized carbons (Fsp3) is 0.647. The highest BCUT2D eigenvalue weighted by molar-refractivity contribution is 5.47. The maximum absolute atomic E-state index is 5.61. The van der Waals surface area contributed by atoms with E-state index >= 15 is 0 Å². The highest BCUT2D eigenvalue weighted by Crippen LogP contribution is 2.23. The van der Waals surface area contributed by atoms with Gasteiger partial charge < -0.3 is 15.0 Å². The summed E-state index contributed by atoms with van der Waals surface area (Å²) in [6, 6.07) is 8.86. The van der Waals surface area contributed by atoms with Crippen molar-refractivity contribution in [3.8, 4) is 5.75 Å². The van der Waals surface area contributed by atoms with Crippen molar-refractivity contribution in [2.75, 3.05) is 32.1 Å². The average Bonchev–Trinajstić information content (AvgIpc) is 2.46. The molecule has 112 valence electrons. The first-order chi connectivity index (χ1) is 9.69. The Hall–Kier alpha value is -1.22. The lowest BCUT2D eigenvalue weighted by Crippen LogP contribution is -2.39. The van der Waals surface area contributed by atoms with Crippen molar-refractivity contribution < 1.29 is 4.74 Å². The normalized spacial score (nSPS) is 21.4. The summed E-state index contributed by atoms with van der Waals surface area (Å²) in [5.41, 5.74) is 1.19. The molecule has 0 saturated carbocycles. The zero-order chi connectivity index (χ0) is 14.4. The van der Waals surface area contributed by atoms with Gasteiger partial charge in [0.25, 0.3) is 0 Å². The van der Waals surface area contributed by atoms with Crippen LogP contribution in [-0.2, 0) is 0 Å². The molecule has 0 amide bonds. The van der Waals surface area contributed by atoms with Crippen LogP contribution in [0.1, 0.15) is 33.1 Å². The number of benzene rings is 1. The Labute approximate surface area is 123 Å². The first kappa shape index (κ1) is 15.2. The van der Waals surface area contributed by atoms with E-state index in [0.29, 0.717) is 6.04 Å². The van der Waals surface area contributed by atoms with Crippen molar-refractivity contribution >= 4 is 5.69 Å². The SMILES string of the molecule is CCCOc1ccc(NC(C)C2CCCN(C)C2)cc1. The summed E-state index contributed by atoms with van der Waals surface area (Å²) in [4.78, 5) is 2.44. The van der Waals surface area contributed by atoms with Gasteiger partial charge in [-0.05, 0) is 70.0 Å². The second-order valence-electron chi connectivity index (χ2n) is 5.97. The average molecular weight is 276 g/mol. The minimum atomic E-state index is 0.514. The Morgan fingerprint density at radius 2 is 2.10 bits per heavy atom. The Balaban J connectivity index is 1.85. The van der Waals surface area contributed by atoms with Gasteiger partial charge >= 0.3 is 0 Å². The van der Waals surface area contributed by atoms with Crippen LogP contribution >= 0.6 is 0 Å². The van der Waals surface area contributed by atoms with Crippen LogP contribution in [0, 0.1) is 5.92 Å². The second kappa shape index (κ2) is 7.53. The lowest BCUT2D eigenvalue weighted by Gasteiger charge is -2.34. The van der Waals surface area contributed by atoms with E-state index in [1.54, 1.807) is 0 Å². The maximum atomic E-state index is 5.61. The lowest BCUT2D eigenvalue weighted by atomic mass is 9.92. The van der Waals surface area contributed by atoms with Crippen LogP contribution in [0.2, 0.25) is 0 Å². The molecule has 1 aliphatic heterocycles. The van der Waals surface area contributed by atoms with Crippen molar-refractivity contribution in [2.24, 2.45) is 5.92 Å². The third-order valence-electron chi connectivity index (χ3n) is 4.09. The van der Waals surface area contributed by atoms with Crippen LogP contribution in [0.3, 0.4) is 0 Å². The van der Waals surface area contributed by atoms with Gasteiger partial charge in [0.1, 0.15) is 5.75 Å². The molecule has 2 rings (SSSR count). The topological polar surface area (TPSA) is 24.5 Å². The molecule has 1 saturated heterocycles. The predicted molar refractivity (Wildman–Crippen MR) is 85.5 cm³/mol. The molecule has 20 heavy (non-hydrogen) atoms. The van der Waals surface area contributed by atoms with E-state index in [-0.39, 0.29) is 0 Å². The molecule has 0 spiro atoms. The van der Waals surface area contributed by atoms with Gasteiger partial charge in [-0.3, -0.25) is 0 Å². The minimum Gasteiger partial charge on any atom is -0.494 e. The molecular weight excluding hydrogens is 248 g/mol. The third kappa shape index (κ3) is 4.41. The molecule has 1 aromatic rings. The van der Waals surface area contributed by atoms with Crippen molar-refractivity contribution in [1.29, 1.82) is 0 Å². The molecule has 2 unspecified atom stereocenters. The second-order valence-corrected chi connectivity index (χ2v) is 5.97. The van der Waals surface area contributed by atoms with Crippen LogP contribution in [0.4, 0.5) is 5.69 Å². The summed E-state index contributed by atoms with van der Waals surface area (Å²) in [6.45, 7) is 7.65. The molecule has 0 radical (unpaired) electrons. The molecule has 3 heteroatoms. The zero-order valence-electron chi connectivity index (χ0n) is 13.1. The number of likely N-dealkylation sites (tertiary alicyclic amines) is 1. The third-order valence-corrected chi connectivity index (χ3v) is 4.09. The minimum absolute atomic E-state index is 0.514. The van der Waals surface area contributed by atoms with E-state index in [0.717, 1.165) is 24.7 Å². The summed E-state index contributed by atoms with van der Waals surface area (Å²) in [5.74, 6) is 1.70. The number of nitrogens with one attached hydrogen (secondary N) is 1. The summed E-state index contributed by atoms with van der Waals surface area (Å²) in [7, 11) is 2.22.